The first-order valence-corrected chi connectivity index (χ1v) is 9.02. The summed E-state index contributed by atoms with van der Waals surface area (Å²) in [6.45, 7) is 7.17. The van der Waals surface area contributed by atoms with E-state index >= 15 is 0 Å². The summed E-state index contributed by atoms with van der Waals surface area (Å²) in [7, 11) is 0. The molecule has 0 radical (unpaired) electrons. The smallest absolute Gasteiger partial charge is 0.258 e. The molecular formula is C19H23FN4O3. The van der Waals surface area contributed by atoms with Crippen molar-refractivity contribution in [1.29, 1.82) is 0 Å². The molecule has 0 unspecified atom stereocenters. The highest BCUT2D eigenvalue weighted by Gasteiger charge is 2.31. The topological polar surface area (TPSA) is 79.5 Å². The summed E-state index contributed by atoms with van der Waals surface area (Å²) in [5, 5.41) is 3.82. The average molecular weight is 374 g/mol. The van der Waals surface area contributed by atoms with Gasteiger partial charge in [0, 0.05) is 37.2 Å². The lowest BCUT2D eigenvalue weighted by molar-refractivity contribution is -0.144. The van der Waals surface area contributed by atoms with E-state index in [2.05, 4.69) is 10.1 Å². The van der Waals surface area contributed by atoms with Crippen LogP contribution in [0.1, 0.15) is 26.6 Å². The van der Waals surface area contributed by atoms with E-state index in [9.17, 15) is 14.0 Å². The van der Waals surface area contributed by atoms with Gasteiger partial charge in [-0.05, 0) is 25.1 Å². The largest absolute Gasteiger partial charge is 0.338 e. The number of aromatic nitrogens is 2. The summed E-state index contributed by atoms with van der Waals surface area (Å²) in [6.07, 6.45) is 0.00363. The third kappa shape index (κ3) is 4.32. The van der Waals surface area contributed by atoms with Gasteiger partial charge in [0.25, 0.3) is 5.89 Å². The van der Waals surface area contributed by atoms with E-state index in [1.54, 1.807) is 17.0 Å². The van der Waals surface area contributed by atoms with Gasteiger partial charge in [-0.15, -0.1) is 0 Å². The second kappa shape index (κ2) is 7.85. The van der Waals surface area contributed by atoms with Gasteiger partial charge in [0.15, 0.2) is 5.82 Å². The molecule has 2 aromatic rings. The Morgan fingerprint density at radius 2 is 2.11 bits per heavy atom. The van der Waals surface area contributed by atoms with Gasteiger partial charge in [-0.2, -0.15) is 4.98 Å². The van der Waals surface area contributed by atoms with Crippen molar-refractivity contribution in [2.75, 3.05) is 19.6 Å². The van der Waals surface area contributed by atoms with Crippen molar-refractivity contribution in [3.8, 4) is 11.5 Å². The van der Waals surface area contributed by atoms with Crippen molar-refractivity contribution in [3.05, 3.63) is 35.9 Å². The Bertz CT molecular complexity index is 836. The van der Waals surface area contributed by atoms with Gasteiger partial charge in [0.1, 0.15) is 5.82 Å². The molecule has 0 bridgehead atoms. The first-order chi connectivity index (χ1) is 12.8. The minimum Gasteiger partial charge on any atom is -0.338 e. The molecule has 1 atom stereocenters. The van der Waals surface area contributed by atoms with Crippen LogP contribution < -0.4 is 0 Å². The number of piperazine rings is 1. The number of amides is 2. The first-order valence-electron chi connectivity index (χ1n) is 9.02. The Labute approximate surface area is 157 Å². The molecule has 1 fully saturated rings. The van der Waals surface area contributed by atoms with Crippen LogP contribution >= 0.6 is 0 Å². The van der Waals surface area contributed by atoms with E-state index in [0.717, 1.165) is 0 Å². The lowest BCUT2D eigenvalue weighted by Crippen LogP contribution is -2.56. The molecule has 7 nitrogen and oxygen atoms in total. The van der Waals surface area contributed by atoms with Gasteiger partial charge in [0.05, 0.1) is 6.42 Å². The second-order valence-corrected chi connectivity index (χ2v) is 7.08. The van der Waals surface area contributed by atoms with Crippen molar-refractivity contribution in [2.45, 2.75) is 33.2 Å². The van der Waals surface area contributed by atoms with E-state index in [1.165, 1.54) is 12.1 Å². The SMILES string of the molecule is CC(C)C(=O)N1CCN(C(=O)Cc2noc(-c3cccc(F)c3)n2)C[C@H]1C. The zero-order valence-corrected chi connectivity index (χ0v) is 15.7. The molecular weight excluding hydrogens is 351 g/mol. The fourth-order valence-corrected chi connectivity index (χ4v) is 3.15. The van der Waals surface area contributed by atoms with Crippen LogP contribution in [0.15, 0.2) is 28.8 Å². The summed E-state index contributed by atoms with van der Waals surface area (Å²) in [4.78, 5) is 32.5. The Hall–Kier alpha value is -2.77. The molecule has 0 aliphatic carbocycles. The zero-order valence-electron chi connectivity index (χ0n) is 15.7. The predicted octanol–water partition coefficient (Wildman–Crippen LogP) is 2.13. The monoisotopic (exact) mass is 374 g/mol. The molecule has 2 amide bonds. The van der Waals surface area contributed by atoms with Crippen LogP contribution in [0.5, 0.6) is 0 Å². The maximum atomic E-state index is 13.3. The lowest BCUT2D eigenvalue weighted by atomic mass is 10.1. The van der Waals surface area contributed by atoms with E-state index in [1.807, 2.05) is 25.7 Å². The minimum absolute atomic E-state index is 0.00363. The predicted molar refractivity (Wildman–Crippen MR) is 96.0 cm³/mol. The fourth-order valence-electron chi connectivity index (χ4n) is 3.15. The molecule has 1 aliphatic heterocycles. The van der Waals surface area contributed by atoms with Crippen LogP contribution in [0.3, 0.4) is 0 Å². The number of halogens is 1. The van der Waals surface area contributed by atoms with E-state index in [-0.39, 0.29) is 41.9 Å². The molecule has 0 saturated carbocycles. The summed E-state index contributed by atoms with van der Waals surface area (Å²) in [5.41, 5.74) is 0.468. The van der Waals surface area contributed by atoms with Crippen LogP contribution in [-0.4, -0.2) is 57.4 Å². The van der Waals surface area contributed by atoms with Crippen LogP contribution in [0.2, 0.25) is 0 Å². The van der Waals surface area contributed by atoms with Gasteiger partial charge in [-0.1, -0.05) is 25.1 Å². The first kappa shape index (κ1) is 19.0. The van der Waals surface area contributed by atoms with Crippen molar-refractivity contribution in [2.24, 2.45) is 5.92 Å². The summed E-state index contributed by atoms with van der Waals surface area (Å²) in [5.74, 6) is -0.0374. The molecule has 2 heterocycles. The van der Waals surface area contributed by atoms with Crippen molar-refractivity contribution in [3.63, 3.8) is 0 Å². The Morgan fingerprint density at radius 3 is 2.78 bits per heavy atom. The maximum absolute atomic E-state index is 13.3. The molecule has 0 spiro atoms. The number of rotatable bonds is 4. The van der Waals surface area contributed by atoms with Crippen molar-refractivity contribution < 1.29 is 18.5 Å². The average Bonchev–Trinajstić information content (AvgIpc) is 3.09. The van der Waals surface area contributed by atoms with E-state index < -0.39 is 5.82 Å². The maximum Gasteiger partial charge on any atom is 0.258 e. The summed E-state index contributed by atoms with van der Waals surface area (Å²) >= 11 is 0. The highest BCUT2D eigenvalue weighted by atomic mass is 19.1. The standard InChI is InChI=1S/C19H23FN4O3/c1-12(2)19(26)24-8-7-23(11-13(24)3)17(25)10-16-21-18(27-22-16)14-5-4-6-15(20)9-14/h4-6,9,12-13H,7-8,10-11H2,1-3H3/t13-/m1/s1. The fraction of sp³-hybridized carbons (Fsp3) is 0.474. The number of hydrogen-bond donors (Lipinski definition) is 0. The molecule has 1 aliphatic rings. The van der Waals surface area contributed by atoms with Gasteiger partial charge < -0.3 is 14.3 Å². The van der Waals surface area contributed by atoms with Gasteiger partial charge in [-0.25, -0.2) is 4.39 Å². The number of benzene rings is 1. The van der Waals surface area contributed by atoms with Crippen LogP contribution in [0.4, 0.5) is 4.39 Å². The number of nitrogens with zero attached hydrogens (tertiary/aromatic N) is 4. The van der Waals surface area contributed by atoms with Gasteiger partial charge in [0.2, 0.25) is 11.8 Å². The summed E-state index contributed by atoms with van der Waals surface area (Å²) < 4.78 is 18.4. The van der Waals surface area contributed by atoms with Crippen molar-refractivity contribution >= 4 is 11.8 Å². The lowest BCUT2D eigenvalue weighted by Gasteiger charge is -2.40. The molecule has 8 heteroatoms. The highest BCUT2D eigenvalue weighted by molar-refractivity contribution is 5.80. The van der Waals surface area contributed by atoms with Crippen LogP contribution in [0, 0.1) is 11.7 Å². The van der Waals surface area contributed by atoms with Crippen molar-refractivity contribution in [1.82, 2.24) is 19.9 Å². The molecule has 144 valence electrons. The molecule has 3 rings (SSSR count). The number of carbonyl (C=O) groups excluding carboxylic acids is 2. The number of carbonyl (C=O) groups is 2. The molecule has 1 aromatic carbocycles. The molecule has 27 heavy (non-hydrogen) atoms. The van der Waals surface area contributed by atoms with Crippen LogP contribution in [-0.2, 0) is 16.0 Å². The Morgan fingerprint density at radius 1 is 1.33 bits per heavy atom. The van der Waals surface area contributed by atoms with Gasteiger partial charge >= 0.3 is 0 Å². The third-order valence-corrected chi connectivity index (χ3v) is 4.61. The molecule has 1 aromatic heterocycles. The minimum atomic E-state index is -0.397. The second-order valence-electron chi connectivity index (χ2n) is 7.08. The molecule has 0 N–H and O–H groups in total. The third-order valence-electron chi connectivity index (χ3n) is 4.61. The Balaban J connectivity index is 1.61. The van der Waals surface area contributed by atoms with Crippen LogP contribution in [0.25, 0.3) is 11.5 Å². The van der Waals surface area contributed by atoms with Gasteiger partial charge in [-0.3, -0.25) is 9.59 Å². The summed E-state index contributed by atoms with van der Waals surface area (Å²) in [6, 6.07) is 5.81. The molecule has 1 saturated heterocycles. The zero-order chi connectivity index (χ0) is 19.6. The quantitative estimate of drug-likeness (QED) is 0.819. The van der Waals surface area contributed by atoms with E-state index in [0.29, 0.717) is 25.2 Å². The van der Waals surface area contributed by atoms with E-state index in [4.69, 9.17) is 4.52 Å². The Kier molecular flexibility index (Phi) is 5.53. The number of hydrogen-bond acceptors (Lipinski definition) is 5. The highest BCUT2D eigenvalue weighted by Crippen LogP contribution is 2.19. The normalized spacial score (nSPS) is 17.4.